The molecule has 2 aromatic carbocycles. The molecule has 4 aromatic rings. The van der Waals surface area contributed by atoms with Crippen LogP contribution in [-0.4, -0.2) is 43.7 Å². The van der Waals surface area contributed by atoms with Gasteiger partial charge >= 0.3 is 0 Å². The largest absolute Gasteiger partial charge is 0.454 e. The number of rotatable bonds is 7. The van der Waals surface area contributed by atoms with Gasteiger partial charge < -0.3 is 15.2 Å². The molecule has 12 nitrogen and oxygen atoms in total. The first-order chi connectivity index (χ1) is 16.6. The minimum Gasteiger partial charge on any atom is -0.454 e. The van der Waals surface area contributed by atoms with E-state index in [9.17, 15) is 4.79 Å². The molecule has 12 heteroatoms. The second-order valence-corrected chi connectivity index (χ2v) is 7.51. The predicted molar refractivity (Wildman–Crippen MR) is 121 cm³/mol. The third-order valence-corrected chi connectivity index (χ3v) is 5.19. The van der Waals surface area contributed by atoms with Gasteiger partial charge in [0.05, 0.1) is 0 Å². The van der Waals surface area contributed by atoms with Crippen molar-refractivity contribution in [2.24, 2.45) is 5.10 Å². The summed E-state index contributed by atoms with van der Waals surface area (Å²) in [5.74, 6) is 0.663. The van der Waals surface area contributed by atoms with E-state index in [1.807, 2.05) is 37.3 Å². The average Bonchev–Trinajstić information content (AvgIpc) is 3.60. The molecule has 1 amide bonds. The summed E-state index contributed by atoms with van der Waals surface area (Å²) in [5.41, 5.74) is 11.3. The lowest BCUT2D eigenvalue weighted by molar-refractivity contribution is 0.0950. The summed E-state index contributed by atoms with van der Waals surface area (Å²) in [6, 6.07) is 15.2. The zero-order valence-corrected chi connectivity index (χ0v) is 18.1. The molecule has 5 rings (SSSR count). The molecule has 0 aliphatic carbocycles. The first kappa shape index (κ1) is 21.1. The highest BCUT2D eigenvalue weighted by molar-refractivity contribution is 5.99. The normalized spacial score (nSPS) is 12.7. The maximum Gasteiger partial charge on any atom is 0.294 e. The lowest BCUT2D eigenvalue weighted by Crippen LogP contribution is -2.20. The molecule has 172 valence electrons. The standard InChI is InChI=1S/C22H20N8O4/c1-13(7-8-14-5-3-2-4-6-14)24-26-22(31)18-19(15-9-10-16-17(11-15)33-12-32-16)30(29-25-18)21-20(23)27-34-28-21/h2-6,9-11H,7-8,12H2,1H3,(H2,23,27)(H,26,31)/b24-13+. The molecule has 3 heterocycles. The Hall–Kier alpha value is -4.74. The fourth-order valence-electron chi connectivity index (χ4n) is 3.45. The number of aryl methyl sites for hydroxylation is 1. The van der Waals surface area contributed by atoms with Crippen LogP contribution in [0.1, 0.15) is 29.4 Å². The van der Waals surface area contributed by atoms with Crippen molar-refractivity contribution in [1.82, 2.24) is 30.7 Å². The summed E-state index contributed by atoms with van der Waals surface area (Å²) in [5, 5.41) is 19.7. The fraction of sp³-hybridized carbons (Fsp3) is 0.182. The van der Waals surface area contributed by atoms with Crippen LogP contribution >= 0.6 is 0 Å². The molecule has 0 fully saturated rings. The van der Waals surface area contributed by atoms with E-state index in [2.05, 4.69) is 31.2 Å². The maximum atomic E-state index is 13.0. The summed E-state index contributed by atoms with van der Waals surface area (Å²) in [6.45, 7) is 1.96. The van der Waals surface area contributed by atoms with Crippen LogP contribution in [0.3, 0.4) is 0 Å². The highest BCUT2D eigenvalue weighted by Gasteiger charge is 2.26. The van der Waals surface area contributed by atoms with Gasteiger partial charge in [-0.1, -0.05) is 35.5 Å². The Bertz CT molecular complexity index is 1360. The topological polar surface area (TPSA) is 156 Å². The average molecular weight is 460 g/mol. The van der Waals surface area contributed by atoms with E-state index in [1.54, 1.807) is 18.2 Å². The van der Waals surface area contributed by atoms with Gasteiger partial charge in [-0.05, 0) is 53.8 Å². The van der Waals surface area contributed by atoms with Crippen LogP contribution in [0.15, 0.2) is 58.3 Å². The van der Waals surface area contributed by atoms with Crippen molar-refractivity contribution >= 4 is 17.4 Å². The van der Waals surface area contributed by atoms with E-state index in [0.717, 1.165) is 12.1 Å². The molecule has 0 atom stereocenters. The minimum absolute atomic E-state index is 0.00590. The number of hydrazone groups is 1. The van der Waals surface area contributed by atoms with Gasteiger partial charge in [0, 0.05) is 11.3 Å². The molecule has 0 unspecified atom stereocenters. The van der Waals surface area contributed by atoms with Crippen molar-refractivity contribution in [3.8, 4) is 28.6 Å². The predicted octanol–water partition coefficient (Wildman–Crippen LogP) is 2.37. The second-order valence-electron chi connectivity index (χ2n) is 7.51. The number of amides is 1. The molecule has 3 N–H and O–H groups in total. The van der Waals surface area contributed by atoms with Gasteiger partial charge in [-0.15, -0.1) is 5.10 Å². The van der Waals surface area contributed by atoms with E-state index in [4.69, 9.17) is 19.8 Å². The van der Waals surface area contributed by atoms with Crippen LogP contribution in [0.4, 0.5) is 5.82 Å². The van der Waals surface area contributed by atoms with E-state index >= 15 is 0 Å². The number of nitrogens with zero attached hydrogens (tertiary/aromatic N) is 6. The molecule has 2 aromatic heterocycles. The summed E-state index contributed by atoms with van der Waals surface area (Å²) < 4.78 is 16.8. The number of aromatic nitrogens is 5. The quantitative estimate of drug-likeness (QED) is 0.312. The van der Waals surface area contributed by atoms with Crippen LogP contribution in [0.25, 0.3) is 17.1 Å². The Morgan fingerprint density at radius 3 is 2.76 bits per heavy atom. The molecule has 0 radical (unpaired) electrons. The highest BCUT2D eigenvalue weighted by Crippen LogP contribution is 2.37. The number of carbonyl (C=O) groups excluding carboxylic acids is 1. The molecule has 1 aliphatic heterocycles. The number of anilines is 1. The Morgan fingerprint density at radius 1 is 1.15 bits per heavy atom. The zero-order chi connectivity index (χ0) is 23.5. The van der Waals surface area contributed by atoms with Gasteiger partial charge in [0.25, 0.3) is 5.91 Å². The molecule has 1 aliphatic rings. The van der Waals surface area contributed by atoms with Crippen LogP contribution in [0, 0.1) is 0 Å². The summed E-state index contributed by atoms with van der Waals surface area (Å²) in [7, 11) is 0. The number of nitrogens with one attached hydrogen (secondary N) is 1. The summed E-state index contributed by atoms with van der Waals surface area (Å²) in [6.07, 6.45) is 1.50. The lowest BCUT2D eigenvalue weighted by atomic mass is 10.1. The third kappa shape index (κ3) is 4.16. The van der Waals surface area contributed by atoms with Crippen molar-refractivity contribution in [3.05, 3.63) is 59.8 Å². The van der Waals surface area contributed by atoms with Crippen LogP contribution in [0.5, 0.6) is 11.5 Å². The van der Waals surface area contributed by atoms with Gasteiger partial charge in [0.1, 0.15) is 5.69 Å². The Kier molecular flexibility index (Phi) is 5.60. The Morgan fingerprint density at radius 2 is 1.97 bits per heavy atom. The Labute approximate surface area is 193 Å². The van der Waals surface area contributed by atoms with E-state index in [0.29, 0.717) is 29.2 Å². The monoisotopic (exact) mass is 460 g/mol. The number of nitrogen functional groups attached to an aromatic ring is 1. The third-order valence-electron chi connectivity index (χ3n) is 5.19. The Balaban J connectivity index is 1.42. The summed E-state index contributed by atoms with van der Waals surface area (Å²) in [4.78, 5) is 13.0. The number of benzene rings is 2. The van der Waals surface area contributed by atoms with Crippen molar-refractivity contribution in [2.75, 3.05) is 12.5 Å². The molecule has 0 saturated heterocycles. The van der Waals surface area contributed by atoms with Crippen LogP contribution in [0.2, 0.25) is 0 Å². The van der Waals surface area contributed by atoms with Crippen LogP contribution < -0.4 is 20.6 Å². The number of hydrogen-bond acceptors (Lipinski definition) is 10. The zero-order valence-electron chi connectivity index (χ0n) is 18.1. The smallest absolute Gasteiger partial charge is 0.294 e. The van der Waals surface area contributed by atoms with Crippen molar-refractivity contribution < 1.29 is 18.9 Å². The van der Waals surface area contributed by atoms with Crippen molar-refractivity contribution in [1.29, 1.82) is 0 Å². The van der Waals surface area contributed by atoms with Crippen molar-refractivity contribution in [2.45, 2.75) is 19.8 Å². The number of carbonyl (C=O) groups is 1. The number of hydrogen-bond donors (Lipinski definition) is 2. The first-order valence-electron chi connectivity index (χ1n) is 10.4. The molecule has 34 heavy (non-hydrogen) atoms. The van der Waals surface area contributed by atoms with Gasteiger partial charge in [-0.3, -0.25) is 4.79 Å². The number of fused-ring (bicyclic) bond motifs is 1. The first-order valence-corrected chi connectivity index (χ1v) is 10.4. The fourth-order valence-corrected chi connectivity index (χ4v) is 3.45. The SMILES string of the molecule is C/C(CCc1ccccc1)=N\NC(=O)c1nnn(-c2nonc2N)c1-c1ccc2c(c1)OCO2. The molecule has 0 bridgehead atoms. The number of ether oxygens (including phenoxy) is 2. The minimum atomic E-state index is -0.548. The highest BCUT2D eigenvalue weighted by atomic mass is 16.7. The van der Waals surface area contributed by atoms with Crippen LogP contribution in [-0.2, 0) is 6.42 Å². The van der Waals surface area contributed by atoms with E-state index in [1.165, 1.54) is 10.2 Å². The van der Waals surface area contributed by atoms with Gasteiger partial charge in [0.15, 0.2) is 17.2 Å². The maximum absolute atomic E-state index is 13.0. The molecular weight excluding hydrogens is 440 g/mol. The number of nitrogens with two attached hydrogens (primary N) is 1. The van der Waals surface area contributed by atoms with Crippen molar-refractivity contribution in [3.63, 3.8) is 0 Å². The molecular formula is C22H20N8O4. The van der Waals surface area contributed by atoms with E-state index < -0.39 is 5.91 Å². The van der Waals surface area contributed by atoms with Gasteiger partial charge in [-0.25, -0.2) is 10.1 Å². The van der Waals surface area contributed by atoms with E-state index in [-0.39, 0.29) is 24.1 Å². The van der Waals surface area contributed by atoms with Gasteiger partial charge in [-0.2, -0.15) is 9.78 Å². The lowest BCUT2D eigenvalue weighted by Gasteiger charge is -2.07. The second kappa shape index (κ2) is 9.02. The van der Waals surface area contributed by atoms with Gasteiger partial charge in [0.2, 0.25) is 18.4 Å². The molecule has 0 spiro atoms. The molecule has 0 saturated carbocycles. The summed E-state index contributed by atoms with van der Waals surface area (Å²) >= 11 is 0.